The minimum absolute atomic E-state index is 0.00237. The highest BCUT2D eigenvalue weighted by atomic mass is 16.7. The lowest BCUT2D eigenvalue weighted by molar-refractivity contribution is -0.300. The monoisotopic (exact) mass is 1160 g/mol. The third kappa shape index (κ3) is 24.2. The highest BCUT2D eigenvalue weighted by molar-refractivity contribution is 5.91. The van der Waals surface area contributed by atoms with Crippen LogP contribution in [0, 0.1) is 0 Å². The molecule has 4 aromatic carbocycles. The van der Waals surface area contributed by atoms with Gasteiger partial charge in [0.25, 0.3) is 5.91 Å². The lowest BCUT2D eigenvalue weighted by Crippen LogP contribution is -2.75. The van der Waals surface area contributed by atoms with Gasteiger partial charge < -0.3 is 34.5 Å². The number of carbonyl (C=O) groups excluding carboxylic acids is 3. The quantitative estimate of drug-likeness (QED) is 0.0224. The summed E-state index contributed by atoms with van der Waals surface area (Å²) in [6.45, 7) is 6.42. The number of esters is 1. The zero-order chi connectivity index (χ0) is 59.8. The maximum atomic E-state index is 15.2. The first-order valence-corrected chi connectivity index (χ1v) is 33.7. The van der Waals surface area contributed by atoms with Gasteiger partial charge >= 0.3 is 5.97 Å². The molecule has 1 amide bonds. The van der Waals surface area contributed by atoms with Crippen molar-refractivity contribution in [2.24, 2.45) is 0 Å². The standard InChI is InChI=1S/C74H111NO9/c1-4-7-10-13-16-19-22-25-28-31-46-57-67(76)73(80)69(75-71(79)65(56-45-30-27-24-21-18-15-12-9-6-3)83-68(77)58-47-32-29-26-23-20-17-14-11-8-5-2)72(81-59-61-48-37-33-38-49-61)84-66(70(73)78)60-82-74(62-50-39-34-40-51-62,63-52-41-35-42-53-63)64-54-43-36-44-55-64/h33-44,48-55,65-66,69-70,72,78,80H,4-32,45-47,56-60H2,1-3H3,(H,75,79)/t65?,66-,69+,70-,72-,73-/m1/s1. The van der Waals surface area contributed by atoms with Crippen molar-refractivity contribution in [2.45, 2.75) is 294 Å². The smallest absolute Gasteiger partial charge is 0.306 e. The Morgan fingerprint density at radius 1 is 0.512 bits per heavy atom. The number of rotatable bonds is 48. The molecule has 0 bridgehead atoms. The molecule has 10 heteroatoms. The van der Waals surface area contributed by atoms with Crippen molar-refractivity contribution < 1.29 is 43.5 Å². The topological polar surface area (TPSA) is 141 Å². The van der Waals surface area contributed by atoms with Gasteiger partial charge in [0, 0.05) is 12.8 Å². The largest absolute Gasteiger partial charge is 0.452 e. The van der Waals surface area contributed by atoms with Gasteiger partial charge in [0.2, 0.25) is 0 Å². The van der Waals surface area contributed by atoms with Gasteiger partial charge in [0.1, 0.15) is 23.9 Å². The maximum absolute atomic E-state index is 15.2. The van der Waals surface area contributed by atoms with Crippen LogP contribution in [0.3, 0.4) is 0 Å². The third-order valence-corrected chi connectivity index (χ3v) is 17.2. The van der Waals surface area contributed by atoms with Gasteiger partial charge in [0.05, 0.1) is 13.2 Å². The molecule has 1 aliphatic heterocycles. The van der Waals surface area contributed by atoms with Crippen LogP contribution in [-0.4, -0.2) is 70.7 Å². The van der Waals surface area contributed by atoms with E-state index in [2.05, 4.69) is 26.1 Å². The Morgan fingerprint density at radius 2 is 0.881 bits per heavy atom. The van der Waals surface area contributed by atoms with E-state index in [0.717, 1.165) is 86.5 Å². The summed E-state index contributed by atoms with van der Waals surface area (Å²) in [5, 5.41) is 29.3. The molecule has 84 heavy (non-hydrogen) atoms. The van der Waals surface area contributed by atoms with Crippen molar-refractivity contribution in [3.63, 3.8) is 0 Å². The van der Waals surface area contributed by atoms with Gasteiger partial charge in [-0.1, -0.05) is 328 Å². The lowest BCUT2D eigenvalue weighted by atomic mass is 9.76. The van der Waals surface area contributed by atoms with Gasteiger partial charge in [-0.3, -0.25) is 14.4 Å². The molecule has 1 heterocycles. The summed E-state index contributed by atoms with van der Waals surface area (Å²) in [5.41, 5.74) is -0.572. The van der Waals surface area contributed by atoms with E-state index in [1.807, 2.05) is 121 Å². The van der Waals surface area contributed by atoms with Crippen LogP contribution < -0.4 is 5.32 Å². The fourth-order valence-electron chi connectivity index (χ4n) is 12.1. The zero-order valence-corrected chi connectivity index (χ0v) is 52.3. The van der Waals surface area contributed by atoms with Crippen molar-refractivity contribution in [1.29, 1.82) is 0 Å². The lowest BCUT2D eigenvalue weighted by Gasteiger charge is -2.50. The molecule has 0 saturated carbocycles. The number of hydrogen-bond acceptors (Lipinski definition) is 9. The molecule has 1 saturated heterocycles. The summed E-state index contributed by atoms with van der Waals surface area (Å²) in [6, 6.07) is 37.5. The van der Waals surface area contributed by atoms with Crippen LogP contribution >= 0.6 is 0 Å². The third-order valence-electron chi connectivity index (χ3n) is 17.2. The Balaban J connectivity index is 1.43. The number of unbranched alkanes of at least 4 members (excludes halogenated alkanes) is 29. The predicted octanol–water partition coefficient (Wildman–Crippen LogP) is 17.7. The van der Waals surface area contributed by atoms with Crippen molar-refractivity contribution >= 4 is 17.7 Å². The second-order valence-electron chi connectivity index (χ2n) is 24.1. The second kappa shape index (κ2) is 42.2. The Bertz CT molecular complexity index is 2200. The number of carbonyl (C=O) groups is 3. The molecule has 4 aromatic rings. The molecule has 0 aromatic heterocycles. The first-order chi connectivity index (χ1) is 41.2. The van der Waals surface area contributed by atoms with Crippen molar-refractivity contribution in [3.05, 3.63) is 144 Å². The average Bonchev–Trinajstić information content (AvgIpc) is 1.93. The summed E-state index contributed by atoms with van der Waals surface area (Å²) in [7, 11) is 0. The molecule has 0 aliphatic carbocycles. The summed E-state index contributed by atoms with van der Waals surface area (Å²) in [5.74, 6) is -1.74. The average molecular weight is 1160 g/mol. The second-order valence-corrected chi connectivity index (χ2v) is 24.1. The van der Waals surface area contributed by atoms with E-state index >= 15 is 9.59 Å². The van der Waals surface area contributed by atoms with E-state index in [1.165, 1.54) is 122 Å². The Kier molecular flexibility index (Phi) is 35.2. The minimum atomic E-state index is -2.61. The molecule has 0 spiro atoms. The molecule has 6 atom stereocenters. The Morgan fingerprint density at radius 3 is 1.30 bits per heavy atom. The number of amides is 1. The van der Waals surface area contributed by atoms with E-state index in [0.29, 0.717) is 19.3 Å². The van der Waals surface area contributed by atoms with Gasteiger partial charge in [-0.25, -0.2) is 0 Å². The summed E-state index contributed by atoms with van der Waals surface area (Å²) >= 11 is 0. The number of nitrogens with one attached hydrogen (secondary N) is 1. The van der Waals surface area contributed by atoms with Gasteiger partial charge in [0.15, 0.2) is 23.8 Å². The van der Waals surface area contributed by atoms with E-state index in [4.69, 9.17) is 18.9 Å². The number of hydrogen-bond donors (Lipinski definition) is 3. The van der Waals surface area contributed by atoms with E-state index < -0.39 is 59.5 Å². The van der Waals surface area contributed by atoms with Crippen LogP contribution in [0.4, 0.5) is 0 Å². The van der Waals surface area contributed by atoms with E-state index in [1.54, 1.807) is 0 Å². The van der Waals surface area contributed by atoms with Crippen LogP contribution in [0.1, 0.15) is 268 Å². The number of Topliss-reactive ketones (excluding diaryl/α,β-unsaturated/α-hetero) is 1. The van der Waals surface area contributed by atoms with Crippen LogP contribution in [0.15, 0.2) is 121 Å². The highest BCUT2D eigenvalue weighted by Gasteiger charge is 2.61. The minimum Gasteiger partial charge on any atom is -0.452 e. The molecule has 1 aliphatic rings. The van der Waals surface area contributed by atoms with Gasteiger partial charge in [-0.05, 0) is 47.9 Å². The highest BCUT2D eigenvalue weighted by Crippen LogP contribution is 2.42. The molecule has 1 unspecified atom stereocenters. The molecular formula is C74H111NO9. The van der Waals surface area contributed by atoms with Crippen molar-refractivity contribution in [3.8, 4) is 0 Å². The summed E-state index contributed by atoms with van der Waals surface area (Å²) < 4.78 is 26.8. The SMILES string of the molecule is CCCCCCCCCCCCCC(=O)OC(CCCCCCCCCCCC)C(=O)N[C@H]1[C@H](OCc2ccccc2)O[C@H](COC(c2ccccc2)(c2ccccc2)c2ccccc2)[C@@H](O)[C@@]1(O)C(=O)CCCCCCCCCCCCC. The summed E-state index contributed by atoms with van der Waals surface area (Å²) in [6.07, 6.45) is 30.0. The Labute approximate surface area is 508 Å². The van der Waals surface area contributed by atoms with Crippen molar-refractivity contribution in [2.75, 3.05) is 6.61 Å². The molecule has 1 fully saturated rings. The molecule has 3 N–H and O–H groups in total. The molecular weight excluding hydrogens is 1050 g/mol. The van der Waals surface area contributed by atoms with Crippen molar-refractivity contribution in [1.82, 2.24) is 5.32 Å². The first kappa shape index (κ1) is 70.1. The number of aliphatic hydroxyl groups excluding tert-OH is 1. The first-order valence-electron chi connectivity index (χ1n) is 33.7. The Hall–Kier alpha value is -4.71. The predicted molar refractivity (Wildman–Crippen MR) is 341 cm³/mol. The molecule has 5 rings (SSSR count). The molecule has 466 valence electrons. The number of ketones is 1. The molecule has 10 nitrogen and oxygen atoms in total. The van der Waals surface area contributed by atoms with Crippen LogP contribution in [0.2, 0.25) is 0 Å². The number of aliphatic hydroxyl groups is 2. The maximum Gasteiger partial charge on any atom is 0.306 e. The van der Waals surface area contributed by atoms with E-state index in [-0.39, 0.29) is 32.5 Å². The van der Waals surface area contributed by atoms with Gasteiger partial charge in [-0.2, -0.15) is 0 Å². The van der Waals surface area contributed by atoms with E-state index in [9.17, 15) is 15.0 Å². The normalized spacial score (nSPS) is 18.3. The number of benzene rings is 4. The fourth-order valence-corrected chi connectivity index (χ4v) is 12.1. The van der Waals surface area contributed by atoms with Crippen LogP contribution in [0.5, 0.6) is 0 Å². The summed E-state index contributed by atoms with van der Waals surface area (Å²) in [4.78, 5) is 44.1. The molecule has 0 radical (unpaired) electrons. The zero-order valence-electron chi connectivity index (χ0n) is 52.3. The van der Waals surface area contributed by atoms with Crippen LogP contribution in [0.25, 0.3) is 0 Å². The van der Waals surface area contributed by atoms with Crippen LogP contribution in [-0.2, 0) is 45.5 Å². The fraction of sp³-hybridized carbons (Fsp3) is 0.635. The number of ether oxygens (including phenoxy) is 4. The van der Waals surface area contributed by atoms with Gasteiger partial charge in [-0.15, -0.1) is 0 Å².